The molecule has 0 amide bonds. The molecule has 0 spiro atoms. The fourth-order valence-corrected chi connectivity index (χ4v) is 3.93. The lowest BCUT2D eigenvalue weighted by molar-refractivity contribution is 0.0482. The zero-order valence-corrected chi connectivity index (χ0v) is 9.35. The van der Waals surface area contributed by atoms with Crippen molar-refractivity contribution >= 4 is 15.9 Å². The quantitative estimate of drug-likeness (QED) is 0.679. The molecule has 2 rings (SSSR count). The summed E-state index contributed by atoms with van der Waals surface area (Å²) in [6.45, 7) is 6.66. The standard InChI is InChI=1S/C10H15BrO/c1-9(2)6-4-8(12)10(9,3)5-7(6)11/h5-6,8,12H,4H2,1-3H3/t6-,8-,10-/m1/s1. The van der Waals surface area contributed by atoms with Crippen LogP contribution in [0.1, 0.15) is 27.2 Å². The molecule has 12 heavy (non-hydrogen) atoms. The molecular weight excluding hydrogens is 216 g/mol. The van der Waals surface area contributed by atoms with Gasteiger partial charge in [-0.15, -0.1) is 0 Å². The van der Waals surface area contributed by atoms with E-state index < -0.39 is 0 Å². The van der Waals surface area contributed by atoms with Crippen molar-refractivity contribution in [2.24, 2.45) is 16.7 Å². The summed E-state index contributed by atoms with van der Waals surface area (Å²) in [6, 6.07) is 0. The summed E-state index contributed by atoms with van der Waals surface area (Å²) in [5, 5.41) is 9.87. The zero-order valence-electron chi connectivity index (χ0n) is 7.76. The molecule has 0 aromatic carbocycles. The molecular formula is C10H15BrO. The maximum atomic E-state index is 9.87. The van der Waals surface area contributed by atoms with Gasteiger partial charge in [0.25, 0.3) is 0 Å². The second-order valence-corrected chi connectivity index (χ2v) is 5.75. The summed E-state index contributed by atoms with van der Waals surface area (Å²) in [7, 11) is 0. The number of hydrogen-bond acceptors (Lipinski definition) is 1. The van der Waals surface area contributed by atoms with Gasteiger partial charge in [0.05, 0.1) is 6.10 Å². The predicted molar refractivity (Wildman–Crippen MR) is 53.0 cm³/mol. The van der Waals surface area contributed by atoms with Gasteiger partial charge in [0.2, 0.25) is 0 Å². The third kappa shape index (κ3) is 0.734. The summed E-state index contributed by atoms with van der Waals surface area (Å²) in [5.74, 6) is 0.525. The van der Waals surface area contributed by atoms with Gasteiger partial charge < -0.3 is 5.11 Å². The maximum absolute atomic E-state index is 9.87. The molecule has 0 heterocycles. The Morgan fingerprint density at radius 1 is 1.50 bits per heavy atom. The molecule has 3 atom stereocenters. The average molecular weight is 231 g/mol. The Morgan fingerprint density at radius 2 is 2.08 bits per heavy atom. The van der Waals surface area contributed by atoms with Gasteiger partial charge in [-0.2, -0.15) is 0 Å². The number of halogens is 1. The predicted octanol–water partition coefficient (Wildman–Crippen LogP) is 2.69. The van der Waals surface area contributed by atoms with Gasteiger partial charge in [0.15, 0.2) is 0 Å². The molecule has 0 radical (unpaired) electrons. The highest BCUT2D eigenvalue weighted by Gasteiger charge is 2.60. The lowest BCUT2D eigenvalue weighted by Crippen LogP contribution is -2.34. The molecule has 68 valence electrons. The van der Waals surface area contributed by atoms with Crippen LogP contribution in [0.4, 0.5) is 0 Å². The van der Waals surface area contributed by atoms with Crippen molar-refractivity contribution in [3.63, 3.8) is 0 Å². The lowest BCUT2D eigenvalue weighted by atomic mass is 9.70. The Hall–Kier alpha value is 0.180. The van der Waals surface area contributed by atoms with E-state index in [-0.39, 0.29) is 16.9 Å². The van der Waals surface area contributed by atoms with Gasteiger partial charge in [0.1, 0.15) is 0 Å². The van der Waals surface area contributed by atoms with Gasteiger partial charge >= 0.3 is 0 Å². The van der Waals surface area contributed by atoms with E-state index in [0.717, 1.165) is 6.42 Å². The van der Waals surface area contributed by atoms with E-state index in [0.29, 0.717) is 5.92 Å². The number of hydrogen-bond donors (Lipinski definition) is 1. The smallest absolute Gasteiger partial charge is 0.0640 e. The SMILES string of the molecule is CC1(C)[C@@H]2C[C@@H](O)[C@@]1(C)C=C2Br. The Labute approximate surface area is 82.0 Å². The number of allylic oxidation sites excluding steroid dienone is 1. The molecule has 2 aliphatic rings. The fraction of sp³-hybridized carbons (Fsp3) is 0.800. The number of aliphatic hydroxyl groups excluding tert-OH is 1. The minimum absolute atomic E-state index is 0.0174. The Balaban J connectivity index is 2.51. The normalized spacial score (nSPS) is 49.6. The highest BCUT2D eigenvalue weighted by Crippen LogP contribution is 2.65. The largest absolute Gasteiger partial charge is 0.392 e. The van der Waals surface area contributed by atoms with E-state index in [1.54, 1.807) is 0 Å². The van der Waals surface area contributed by atoms with Crippen LogP contribution in [-0.2, 0) is 0 Å². The second kappa shape index (κ2) is 2.16. The van der Waals surface area contributed by atoms with Crippen molar-refractivity contribution in [3.05, 3.63) is 10.6 Å². The van der Waals surface area contributed by atoms with Crippen LogP contribution < -0.4 is 0 Å². The van der Waals surface area contributed by atoms with E-state index in [1.807, 2.05) is 0 Å². The van der Waals surface area contributed by atoms with Crippen LogP contribution in [0.25, 0.3) is 0 Å². The number of fused-ring (bicyclic) bond motifs is 2. The molecule has 2 heteroatoms. The van der Waals surface area contributed by atoms with Crippen LogP contribution in [-0.4, -0.2) is 11.2 Å². The first-order valence-electron chi connectivity index (χ1n) is 4.46. The van der Waals surface area contributed by atoms with Gasteiger partial charge in [-0.25, -0.2) is 0 Å². The molecule has 2 bridgehead atoms. The zero-order chi connectivity index (χ0) is 9.15. The lowest BCUT2D eigenvalue weighted by Gasteiger charge is -2.35. The van der Waals surface area contributed by atoms with Crippen molar-refractivity contribution in [1.29, 1.82) is 0 Å². The van der Waals surface area contributed by atoms with Crippen LogP contribution in [0.2, 0.25) is 0 Å². The molecule has 0 saturated heterocycles. The van der Waals surface area contributed by atoms with Crippen molar-refractivity contribution in [2.45, 2.75) is 33.3 Å². The molecule has 0 aliphatic heterocycles. The molecule has 0 aromatic rings. The summed E-state index contributed by atoms with van der Waals surface area (Å²) < 4.78 is 1.29. The minimum Gasteiger partial charge on any atom is -0.392 e. The first-order valence-corrected chi connectivity index (χ1v) is 5.25. The van der Waals surface area contributed by atoms with Crippen molar-refractivity contribution in [1.82, 2.24) is 0 Å². The van der Waals surface area contributed by atoms with Crippen molar-refractivity contribution < 1.29 is 5.11 Å². The van der Waals surface area contributed by atoms with E-state index in [4.69, 9.17) is 0 Å². The number of rotatable bonds is 0. The van der Waals surface area contributed by atoms with Crippen LogP contribution in [0.15, 0.2) is 10.6 Å². The van der Waals surface area contributed by atoms with Crippen molar-refractivity contribution in [3.8, 4) is 0 Å². The summed E-state index contributed by atoms with van der Waals surface area (Å²) >= 11 is 3.58. The van der Waals surface area contributed by atoms with E-state index >= 15 is 0 Å². The van der Waals surface area contributed by atoms with Gasteiger partial charge in [-0.05, 0) is 22.2 Å². The van der Waals surface area contributed by atoms with Gasteiger partial charge in [-0.1, -0.05) is 42.8 Å². The second-order valence-electron chi connectivity index (χ2n) is 4.84. The summed E-state index contributed by atoms with van der Waals surface area (Å²) in [4.78, 5) is 0. The molecule has 0 unspecified atom stereocenters. The Kier molecular flexibility index (Phi) is 1.57. The third-order valence-corrected chi connectivity index (χ3v) is 4.96. The van der Waals surface area contributed by atoms with Gasteiger partial charge in [-0.3, -0.25) is 0 Å². The first-order chi connectivity index (χ1) is 5.39. The third-order valence-electron chi connectivity index (χ3n) is 4.18. The maximum Gasteiger partial charge on any atom is 0.0640 e. The van der Waals surface area contributed by atoms with Gasteiger partial charge in [0, 0.05) is 5.41 Å². The molecule has 1 nitrogen and oxygen atoms in total. The van der Waals surface area contributed by atoms with E-state index in [2.05, 4.69) is 42.8 Å². The Morgan fingerprint density at radius 3 is 2.33 bits per heavy atom. The summed E-state index contributed by atoms with van der Waals surface area (Å²) in [6.07, 6.45) is 2.96. The summed E-state index contributed by atoms with van der Waals surface area (Å²) in [5.41, 5.74) is 0.196. The fourth-order valence-electron chi connectivity index (χ4n) is 2.69. The Bertz CT molecular complexity index is 257. The molecule has 1 saturated carbocycles. The number of aliphatic hydroxyl groups is 1. The monoisotopic (exact) mass is 230 g/mol. The highest BCUT2D eigenvalue weighted by molar-refractivity contribution is 9.11. The highest BCUT2D eigenvalue weighted by atomic mass is 79.9. The molecule has 2 aliphatic carbocycles. The first kappa shape index (κ1) is 8.76. The van der Waals surface area contributed by atoms with Crippen LogP contribution >= 0.6 is 15.9 Å². The molecule has 0 aromatic heterocycles. The van der Waals surface area contributed by atoms with Crippen LogP contribution in [0.3, 0.4) is 0 Å². The topological polar surface area (TPSA) is 20.2 Å². The molecule has 1 N–H and O–H groups in total. The van der Waals surface area contributed by atoms with Crippen LogP contribution in [0.5, 0.6) is 0 Å². The average Bonchev–Trinajstić information content (AvgIpc) is 2.18. The van der Waals surface area contributed by atoms with E-state index in [1.165, 1.54) is 4.48 Å². The van der Waals surface area contributed by atoms with Crippen molar-refractivity contribution in [2.75, 3.05) is 0 Å². The minimum atomic E-state index is -0.154. The molecule has 1 fully saturated rings. The van der Waals surface area contributed by atoms with Crippen LogP contribution in [0, 0.1) is 16.7 Å². The van der Waals surface area contributed by atoms with E-state index in [9.17, 15) is 5.11 Å².